The van der Waals surface area contributed by atoms with Crippen LogP contribution in [0.3, 0.4) is 0 Å². The molecule has 0 radical (unpaired) electrons. The smallest absolute Gasteiger partial charge is 0.0448 e. The molecule has 0 saturated heterocycles. The lowest BCUT2D eigenvalue weighted by atomic mass is 9.78. The molecule has 1 aliphatic rings. The topological polar surface area (TPSA) is 23.9 Å². The van der Waals surface area contributed by atoms with Crippen LogP contribution in [0.4, 0.5) is 0 Å². The fourth-order valence-corrected chi connectivity index (χ4v) is 3.12. The molecule has 2 aromatic carbocycles. The van der Waals surface area contributed by atoms with E-state index in [-0.39, 0.29) is 5.41 Å². The highest BCUT2D eigenvalue weighted by molar-refractivity contribution is 6.13. The first-order chi connectivity index (χ1) is 10.4. The van der Waals surface area contributed by atoms with E-state index in [2.05, 4.69) is 82.3 Å². The van der Waals surface area contributed by atoms with Crippen LogP contribution in [0.2, 0.25) is 0 Å². The Morgan fingerprint density at radius 2 is 1.77 bits per heavy atom. The van der Waals surface area contributed by atoms with Crippen molar-refractivity contribution in [2.75, 3.05) is 0 Å². The summed E-state index contributed by atoms with van der Waals surface area (Å²) in [5.41, 5.74) is 4.25. The SMILES string of the molecule is CC1=CC=CC1c1ccc2ccccc2c1C(=N)C(C)(C)C. The lowest BCUT2D eigenvalue weighted by Gasteiger charge is -2.26. The third kappa shape index (κ3) is 2.41. The van der Waals surface area contributed by atoms with Crippen molar-refractivity contribution in [3.8, 4) is 0 Å². The Labute approximate surface area is 132 Å². The molecule has 0 aliphatic heterocycles. The lowest BCUT2D eigenvalue weighted by molar-refractivity contribution is 0.588. The van der Waals surface area contributed by atoms with Crippen molar-refractivity contribution in [1.29, 1.82) is 5.41 Å². The molecule has 0 saturated carbocycles. The maximum Gasteiger partial charge on any atom is 0.0448 e. The van der Waals surface area contributed by atoms with Gasteiger partial charge in [-0.2, -0.15) is 0 Å². The van der Waals surface area contributed by atoms with Crippen molar-refractivity contribution in [1.82, 2.24) is 0 Å². The Hall–Kier alpha value is -2.15. The summed E-state index contributed by atoms with van der Waals surface area (Å²) < 4.78 is 0. The van der Waals surface area contributed by atoms with Gasteiger partial charge >= 0.3 is 0 Å². The van der Waals surface area contributed by atoms with E-state index in [1.807, 2.05) is 0 Å². The van der Waals surface area contributed by atoms with Crippen molar-refractivity contribution < 1.29 is 0 Å². The van der Waals surface area contributed by atoms with E-state index in [9.17, 15) is 0 Å². The monoisotopic (exact) mass is 289 g/mol. The molecule has 3 rings (SSSR count). The summed E-state index contributed by atoms with van der Waals surface area (Å²) in [7, 11) is 0. The fourth-order valence-electron chi connectivity index (χ4n) is 3.12. The number of benzene rings is 2. The normalized spacial score (nSPS) is 17.8. The van der Waals surface area contributed by atoms with Gasteiger partial charge in [0.1, 0.15) is 0 Å². The Morgan fingerprint density at radius 1 is 1.05 bits per heavy atom. The summed E-state index contributed by atoms with van der Waals surface area (Å²) in [6, 6.07) is 12.8. The van der Waals surface area contributed by atoms with E-state index in [1.165, 1.54) is 21.9 Å². The van der Waals surface area contributed by atoms with Gasteiger partial charge in [-0.25, -0.2) is 0 Å². The second-order valence-corrected chi connectivity index (χ2v) is 7.15. The van der Waals surface area contributed by atoms with Gasteiger partial charge in [-0.3, -0.25) is 0 Å². The molecule has 112 valence electrons. The van der Waals surface area contributed by atoms with Crippen LogP contribution in [-0.2, 0) is 0 Å². The van der Waals surface area contributed by atoms with E-state index >= 15 is 0 Å². The first-order valence-electron chi connectivity index (χ1n) is 7.85. The molecule has 1 unspecified atom stereocenters. The Balaban J connectivity index is 2.31. The molecular weight excluding hydrogens is 266 g/mol. The highest BCUT2D eigenvalue weighted by atomic mass is 14.5. The molecule has 0 spiro atoms. The first kappa shape index (κ1) is 14.8. The highest BCUT2D eigenvalue weighted by Crippen LogP contribution is 2.37. The van der Waals surface area contributed by atoms with Crippen molar-refractivity contribution in [3.63, 3.8) is 0 Å². The van der Waals surface area contributed by atoms with E-state index in [4.69, 9.17) is 5.41 Å². The van der Waals surface area contributed by atoms with Gasteiger partial charge in [0.15, 0.2) is 0 Å². The zero-order chi connectivity index (χ0) is 15.9. The fraction of sp³-hybridized carbons (Fsp3) is 0.286. The largest absolute Gasteiger partial charge is 0.304 e. The Bertz CT molecular complexity index is 800. The summed E-state index contributed by atoms with van der Waals surface area (Å²) in [6.45, 7) is 8.53. The molecule has 1 atom stereocenters. The van der Waals surface area contributed by atoms with E-state index in [1.54, 1.807) is 0 Å². The minimum Gasteiger partial charge on any atom is -0.304 e. The van der Waals surface area contributed by atoms with Crippen molar-refractivity contribution in [2.24, 2.45) is 5.41 Å². The summed E-state index contributed by atoms with van der Waals surface area (Å²) in [5.74, 6) is 0.294. The molecule has 2 aromatic rings. The van der Waals surface area contributed by atoms with Gasteiger partial charge < -0.3 is 5.41 Å². The number of hydrogen-bond donors (Lipinski definition) is 1. The van der Waals surface area contributed by atoms with Crippen molar-refractivity contribution in [2.45, 2.75) is 33.6 Å². The van der Waals surface area contributed by atoms with Gasteiger partial charge in [0.25, 0.3) is 0 Å². The molecule has 0 aromatic heterocycles. The molecule has 1 nitrogen and oxygen atoms in total. The lowest BCUT2D eigenvalue weighted by Crippen LogP contribution is -2.22. The molecule has 0 amide bonds. The van der Waals surface area contributed by atoms with Gasteiger partial charge in [0, 0.05) is 22.6 Å². The molecule has 22 heavy (non-hydrogen) atoms. The third-order valence-electron chi connectivity index (χ3n) is 4.45. The van der Waals surface area contributed by atoms with Gasteiger partial charge in [-0.05, 0) is 23.3 Å². The number of hydrogen-bond acceptors (Lipinski definition) is 1. The van der Waals surface area contributed by atoms with Crippen LogP contribution in [0.25, 0.3) is 10.8 Å². The van der Waals surface area contributed by atoms with Crippen LogP contribution in [0.15, 0.2) is 60.2 Å². The maximum absolute atomic E-state index is 8.79. The summed E-state index contributed by atoms with van der Waals surface area (Å²) >= 11 is 0. The van der Waals surface area contributed by atoms with E-state index < -0.39 is 0 Å². The number of fused-ring (bicyclic) bond motifs is 1. The zero-order valence-electron chi connectivity index (χ0n) is 13.8. The van der Waals surface area contributed by atoms with Crippen LogP contribution in [0.1, 0.15) is 44.7 Å². The van der Waals surface area contributed by atoms with Gasteiger partial charge in [-0.15, -0.1) is 0 Å². The quantitative estimate of drug-likeness (QED) is 0.670. The minimum absolute atomic E-state index is 0.168. The average molecular weight is 289 g/mol. The van der Waals surface area contributed by atoms with E-state index in [0.717, 1.165) is 5.56 Å². The second-order valence-electron chi connectivity index (χ2n) is 7.15. The number of nitrogens with one attached hydrogen (secondary N) is 1. The first-order valence-corrected chi connectivity index (χ1v) is 7.85. The standard InChI is InChI=1S/C21H23N/c1-14-8-7-11-16(14)18-13-12-15-9-5-6-10-17(15)19(18)20(22)21(2,3)4/h5-13,16,22H,1-4H3. The van der Waals surface area contributed by atoms with Crippen molar-refractivity contribution in [3.05, 3.63) is 71.3 Å². The molecule has 0 heterocycles. The van der Waals surface area contributed by atoms with Crippen LogP contribution in [-0.4, -0.2) is 5.71 Å². The van der Waals surface area contributed by atoms with Gasteiger partial charge in [0.2, 0.25) is 0 Å². The Morgan fingerprint density at radius 3 is 2.41 bits per heavy atom. The van der Waals surface area contributed by atoms with E-state index in [0.29, 0.717) is 11.6 Å². The second kappa shape index (κ2) is 5.24. The molecule has 0 fully saturated rings. The maximum atomic E-state index is 8.79. The van der Waals surface area contributed by atoms with Gasteiger partial charge in [0.05, 0.1) is 0 Å². The third-order valence-corrected chi connectivity index (χ3v) is 4.45. The molecular formula is C21H23N. The molecule has 1 aliphatic carbocycles. The number of allylic oxidation sites excluding steroid dienone is 4. The molecule has 1 N–H and O–H groups in total. The van der Waals surface area contributed by atoms with Gasteiger partial charge in [-0.1, -0.05) is 81.0 Å². The van der Waals surface area contributed by atoms with Crippen LogP contribution in [0, 0.1) is 10.8 Å². The predicted molar refractivity (Wildman–Crippen MR) is 95.9 cm³/mol. The molecule has 0 bridgehead atoms. The van der Waals surface area contributed by atoms with Crippen LogP contribution < -0.4 is 0 Å². The minimum atomic E-state index is -0.168. The van der Waals surface area contributed by atoms with Crippen LogP contribution in [0.5, 0.6) is 0 Å². The summed E-state index contributed by atoms with van der Waals surface area (Å²) in [5, 5.41) is 11.2. The molecule has 1 heteroatoms. The Kier molecular flexibility index (Phi) is 3.52. The zero-order valence-corrected chi connectivity index (χ0v) is 13.8. The summed E-state index contributed by atoms with van der Waals surface area (Å²) in [4.78, 5) is 0. The van der Waals surface area contributed by atoms with Crippen LogP contribution >= 0.6 is 0 Å². The highest BCUT2D eigenvalue weighted by Gasteiger charge is 2.26. The number of rotatable bonds is 2. The van der Waals surface area contributed by atoms with Crippen molar-refractivity contribution >= 4 is 16.5 Å². The average Bonchev–Trinajstić information content (AvgIpc) is 2.90. The predicted octanol–water partition coefficient (Wildman–Crippen LogP) is 5.85. The summed E-state index contributed by atoms with van der Waals surface area (Å²) in [6.07, 6.45) is 6.53.